The summed E-state index contributed by atoms with van der Waals surface area (Å²) in [5.41, 5.74) is 2.43. The Bertz CT molecular complexity index is 566. The molecule has 0 unspecified atom stereocenters. The molecular weight excluding hydrogens is 270 g/mol. The standard InChI is InChI=1S/C15H21N3OS/c1-5-16-15-18-17-14(20-15)9-19-13-8-11(4)6-7-12(13)10(2)3/h6-8,10H,5,9H2,1-4H3,(H,16,18). The summed E-state index contributed by atoms with van der Waals surface area (Å²) in [5.74, 6) is 1.39. The van der Waals surface area contributed by atoms with E-state index in [1.165, 1.54) is 22.5 Å². The first-order valence-corrected chi connectivity index (χ1v) is 7.71. The van der Waals surface area contributed by atoms with Crippen molar-refractivity contribution in [2.45, 2.75) is 40.2 Å². The molecule has 0 saturated heterocycles. The summed E-state index contributed by atoms with van der Waals surface area (Å²) >= 11 is 1.54. The third-order valence-corrected chi connectivity index (χ3v) is 3.79. The number of rotatable bonds is 6. The molecule has 0 bridgehead atoms. The number of hydrogen-bond donors (Lipinski definition) is 1. The van der Waals surface area contributed by atoms with E-state index in [0.29, 0.717) is 12.5 Å². The lowest BCUT2D eigenvalue weighted by atomic mass is 10.0. The van der Waals surface area contributed by atoms with Gasteiger partial charge in [-0.3, -0.25) is 0 Å². The normalized spacial score (nSPS) is 10.8. The number of ether oxygens (including phenoxy) is 1. The maximum absolute atomic E-state index is 5.94. The third kappa shape index (κ3) is 3.70. The second kappa shape index (κ2) is 6.70. The Morgan fingerprint density at radius 1 is 1.30 bits per heavy atom. The zero-order chi connectivity index (χ0) is 14.5. The fourth-order valence-electron chi connectivity index (χ4n) is 1.92. The van der Waals surface area contributed by atoms with E-state index >= 15 is 0 Å². The summed E-state index contributed by atoms with van der Waals surface area (Å²) in [6.07, 6.45) is 0. The summed E-state index contributed by atoms with van der Waals surface area (Å²) < 4.78 is 5.94. The molecule has 1 aromatic heterocycles. The van der Waals surface area contributed by atoms with Gasteiger partial charge in [0, 0.05) is 6.54 Å². The Labute approximate surface area is 124 Å². The predicted octanol–water partition coefficient (Wildman–Crippen LogP) is 3.98. The summed E-state index contributed by atoms with van der Waals surface area (Å²) in [6.45, 7) is 9.78. The van der Waals surface area contributed by atoms with E-state index in [0.717, 1.165) is 22.4 Å². The van der Waals surface area contributed by atoms with Crippen LogP contribution in [0.2, 0.25) is 0 Å². The minimum atomic E-state index is 0.442. The van der Waals surface area contributed by atoms with Crippen LogP contribution in [0.25, 0.3) is 0 Å². The van der Waals surface area contributed by atoms with Gasteiger partial charge in [-0.25, -0.2) is 0 Å². The predicted molar refractivity (Wildman–Crippen MR) is 83.7 cm³/mol. The number of hydrogen-bond acceptors (Lipinski definition) is 5. The molecule has 0 radical (unpaired) electrons. The van der Waals surface area contributed by atoms with Crippen LogP contribution >= 0.6 is 11.3 Å². The number of aryl methyl sites for hydroxylation is 1. The van der Waals surface area contributed by atoms with Crippen LogP contribution in [-0.2, 0) is 6.61 Å². The quantitative estimate of drug-likeness (QED) is 0.874. The van der Waals surface area contributed by atoms with Crippen molar-refractivity contribution in [1.82, 2.24) is 10.2 Å². The van der Waals surface area contributed by atoms with E-state index in [1.807, 2.05) is 6.92 Å². The fraction of sp³-hybridized carbons (Fsp3) is 0.467. The number of benzene rings is 1. The van der Waals surface area contributed by atoms with E-state index in [2.05, 4.69) is 54.5 Å². The van der Waals surface area contributed by atoms with Gasteiger partial charge in [0.05, 0.1) is 0 Å². The maximum atomic E-state index is 5.94. The lowest BCUT2D eigenvalue weighted by Crippen LogP contribution is -2.00. The third-order valence-electron chi connectivity index (χ3n) is 2.94. The number of nitrogens with zero attached hydrogens (tertiary/aromatic N) is 2. The van der Waals surface area contributed by atoms with E-state index in [9.17, 15) is 0 Å². The van der Waals surface area contributed by atoms with Crippen LogP contribution < -0.4 is 10.1 Å². The first-order chi connectivity index (χ1) is 9.60. The van der Waals surface area contributed by atoms with Gasteiger partial charge in [0.25, 0.3) is 0 Å². The minimum Gasteiger partial charge on any atom is -0.486 e. The SMILES string of the molecule is CCNc1nnc(COc2cc(C)ccc2C(C)C)s1. The molecule has 108 valence electrons. The molecule has 1 heterocycles. The van der Waals surface area contributed by atoms with Gasteiger partial charge in [-0.1, -0.05) is 37.3 Å². The second-order valence-electron chi connectivity index (χ2n) is 5.02. The Kier molecular flexibility index (Phi) is 4.95. The molecule has 0 aliphatic carbocycles. The van der Waals surface area contributed by atoms with E-state index < -0.39 is 0 Å². The van der Waals surface area contributed by atoms with Gasteiger partial charge in [-0.05, 0) is 37.0 Å². The van der Waals surface area contributed by atoms with Gasteiger partial charge in [0.1, 0.15) is 12.4 Å². The highest BCUT2D eigenvalue weighted by Gasteiger charge is 2.10. The van der Waals surface area contributed by atoms with E-state index in [4.69, 9.17) is 4.74 Å². The van der Waals surface area contributed by atoms with Crippen LogP contribution in [0.4, 0.5) is 5.13 Å². The smallest absolute Gasteiger partial charge is 0.205 e. The average molecular weight is 291 g/mol. The van der Waals surface area contributed by atoms with Crippen LogP contribution in [0.15, 0.2) is 18.2 Å². The molecule has 0 aliphatic rings. The molecule has 2 aromatic rings. The zero-order valence-corrected chi connectivity index (χ0v) is 13.3. The van der Waals surface area contributed by atoms with E-state index in [-0.39, 0.29) is 0 Å². The number of aromatic nitrogens is 2. The van der Waals surface area contributed by atoms with Gasteiger partial charge in [-0.2, -0.15) is 0 Å². The molecule has 1 N–H and O–H groups in total. The maximum Gasteiger partial charge on any atom is 0.205 e. The zero-order valence-electron chi connectivity index (χ0n) is 12.4. The summed E-state index contributed by atoms with van der Waals surface area (Å²) in [6, 6.07) is 6.34. The molecule has 0 fully saturated rings. The van der Waals surface area contributed by atoms with Crippen molar-refractivity contribution in [3.05, 3.63) is 34.3 Å². The fourth-order valence-corrected chi connectivity index (χ4v) is 2.64. The summed E-state index contributed by atoms with van der Waals surface area (Å²) in [4.78, 5) is 0. The molecule has 2 rings (SSSR count). The van der Waals surface area contributed by atoms with Gasteiger partial charge in [-0.15, -0.1) is 10.2 Å². The van der Waals surface area contributed by atoms with Crippen molar-refractivity contribution in [1.29, 1.82) is 0 Å². The van der Waals surface area contributed by atoms with Crippen LogP contribution in [-0.4, -0.2) is 16.7 Å². The number of anilines is 1. The first kappa shape index (κ1) is 14.8. The Balaban J connectivity index is 2.07. The largest absolute Gasteiger partial charge is 0.486 e. The van der Waals surface area contributed by atoms with Crippen molar-refractivity contribution >= 4 is 16.5 Å². The van der Waals surface area contributed by atoms with Crippen LogP contribution in [0.5, 0.6) is 5.75 Å². The second-order valence-corrected chi connectivity index (χ2v) is 6.08. The highest BCUT2D eigenvalue weighted by molar-refractivity contribution is 7.15. The van der Waals surface area contributed by atoms with Crippen LogP contribution in [0.1, 0.15) is 42.8 Å². The number of nitrogens with one attached hydrogen (secondary N) is 1. The van der Waals surface area contributed by atoms with Gasteiger partial charge in [0.15, 0.2) is 5.01 Å². The molecule has 0 amide bonds. The molecule has 5 heteroatoms. The van der Waals surface area contributed by atoms with Crippen molar-refractivity contribution < 1.29 is 4.74 Å². The van der Waals surface area contributed by atoms with E-state index in [1.54, 1.807) is 0 Å². The topological polar surface area (TPSA) is 47.0 Å². The molecule has 1 aromatic carbocycles. The Morgan fingerprint density at radius 3 is 2.80 bits per heavy atom. The highest BCUT2D eigenvalue weighted by Crippen LogP contribution is 2.28. The summed E-state index contributed by atoms with van der Waals surface area (Å²) in [5, 5.41) is 13.1. The van der Waals surface area contributed by atoms with Crippen molar-refractivity contribution in [3.8, 4) is 5.75 Å². The average Bonchev–Trinajstić information content (AvgIpc) is 2.84. The van der Waals surface area contributed by atoms with Gasteiger partial charge < -0.3 is 10.1 Å². The Morgan fingerprint density at radius 2 is 2.10 bits per heavy atom. The van der Waals surface area contributed by atoms with Crippen molar-refractivity contribution in [2.75, 3.05) is 11.9 Å². The minimum absolute atomic E-state index is 0.442. The summed E-state index contributed by atoms with van der Waals surface area (Å²) in [7, 11) is 0. The molecule has 20 heavy (non-hydrogen) atoms. The van der Waals surface area contributed by atoms with Crippen molar-refractivity contribution in [3.63, 3.8) is 0 Å². The first-order valence-electron chi connectivity index (χ1n) is 6.89. The van der Waals surface area contributed by atoms with Crippen LogP contribution in [0.3, 0.4) is 0 Å². The lowest BCUT2D eigenvalue weighted by molar-refractivity contribution is 0.300. The molecule has 0 saturated carbocycles. The molecule has 4 nitrogen and oxygen atoms in total. The highest BCUT2D eigenvalue weighted by atomic mass is 32.1. The Hall–Kier alpha value is -1.62. The van der Waals surface area contributed by atoms with Crippen molar-refractivity contribution in [2.24, 2.45) is 0 Å². The van der Waals surface area contributed by atoms with Crippen LogP contribution in [0, 0.1) is 6.92 Å². The lowest BCUT2D eigenvalue weighted by Gasteiger charge is -2.13. The molecule has 0 spiro atoms. The van der Waals surface area contributed by atoms with Gasteiger partial charge in [0.2, 0.25) is 5.13 Å². The van der Waals surface area contributed by atoms with Gasteiger partial charge >= 0.3 is 0 Å². The molecule has 0 atom stereocenters. The monoisotopic (exact) mass is 291 g/mol. The molecular formula is C15H21N3OS. The molecule has 0 aliphatic heterocycles.